The van der Waals surface area contributed by atoms with Crippen LogP contribution in [0.1, 0.15) is 12.8 Å². The van der Waals surface area contributed by atoms with Gasteiger partial charge in [-0.1, -0.05) is 25.6 Å². The Bertz CT molecular complexity index is 491. The van der Waals surface area contributed by atoms with Gasteiger partial charge in [0, 0.05) is 17.8 Å². The highest BCUT2D eigenvalue weighted by Crippen LogP contribution is 2.37. The SMILES string of the molecule is C[Si](C)(C)C#CC1(O)CC(O)C(C[N+](=O)[O-])C(C(=O)O)C1. The Labute approximate surface area is 124 Å². The molecule has 0 aromatic carbocycles. The quantitative estimate of drug-likeness (QED) is 0.299. The highest BCUT2D eigenvalue weighted by Gasteiger charge is 2.49. The lowest BCUT2D eigenvalue weighted by Gasteiger charge is -2.38. The summed E-state index contributed by atoms with van der Waals surface area (Å²) in [6.07, 6.45) is -1.62. The Kier molecular flexibility index (Phi) is 5.14. The molecule has 4 atom stereocenters. The van der Waals surface area contributed by atoms with Crippen molar-refractivity contribution in [2.75, 3.05) is 6.54 Å². The lowest BCUT2D eigenvalue weighted by Crippen LogP contribution is -2.50. The average Bonchev–Trinajstić information content (AvgIpc) is 2.29. The molecule has 1 aliphatic rings. The van der Waals surface area contributed by atoms with Gasteiger partial charge in [0.05, 0.1) is 17.9 Å². The van der Waals surface area contributed by atoms with E-state index in [1.54, 1.807) is 0 Å². The van der Waals surface area contributed by atoms with Crippen molar-refractivity contribution in [3.8, 4) is 11.5 Å². The lowest BCUT2D eigenvalue weighted by molar-refractivity contribution is -0.493. The number of hydrogen-bond donors (Lipinski definition) is 3. The number of aliphatic hydroxyl groups excluding tert-OH is 1. The third kappa shape index (κ3) is 5.11. The zero-order chi connectivity index (χ0) is 16.4. The van der Waals surface area contributed by atoms with Gasteiger partial charge in [-0.25, -0.2) is 0 Å². The zero-order valence-electron chi connectivity index (χ0n) is 12.4. The van der Waals surface area contributed by atoms with Crippen molar-refractivity contribution in [2.24, 2.45) is 11.8 Å². The lowest BCUT2D eigenvalue weighted by atomic mass is 9.70. The van der Waals surface area contributed by atoms with Crippen LogP contribution < -0.4 is 0 Å². The molecule has 1 rings (SSSR count). The summed E-state index contributed by atoms with van der Waals surface area (Å²) < 4.78 is 0. The van der Waals surface area contributed by atoms with Crippen molar-refractivity contribution in [1.82, 2.24) is 0 Å². The first-order valence-electron chi connectivity index (χ1n) is 6.73. The molecule has 0 amide bonds. The van der Waals surface area contributed by atoms with Gasteiger partial charge < -0.3 is 15.3 Å². The number of carboxylic acids is 1. The fourth-order valence-corrected chi connectivity index (χ4v) is 3.07. The van der Waals surface area contributed by atoms with E-state index >= 15 is 0 Å². The molecular formula is C13H21NO6Si. The largest absolute Gasteiger partial charge is 0.481 e. The van der Waals surface area contributed by atoms with Crippen LogP contribution in [0.25, 0.3) is 0 Å². The molecular weight excluding hydrogens is 294 g/mol. The smallest absolute Gasteiger partial charge is 0.307 e. The van der Waals surface area contributed by atoms with Crippen molar-refractivity contribution in [2.45, 2.75) is 44.2 Å². The first-order chi connectivity index (χ1) is 9.43. The fourth-order valence-electron chi connectivity index (χ4n) is 2.46. The zero-order valence-corrected chi connectivity index (χ0v) is 13.4. The molecule has 21 heavy (non-hydrogen) atoms. The van der Waals surface area contributed by atoms with E-state index < -0.39 is 49.1 Å². The Hall–Kier alpha value is -1.43. The van der Waals surface area contributed by atoms with E-state index in [1.165, 1.54) is 0 Å². The van der Waals surface area contributed by atoms with Crippen molar-refractivity contribution in [1.29, 1.82) is 0 Å². The van der Waals surface area contributed by atoms with Crippen molar-refractivity contribution < 1.29 is 25.0 Å². The maximum Gasteiger partial charge on any atom is 0.307 e. The van der Waals surface area contributed by atoms with Gasteiger partial charge in [-0.3, -0.25) is 14.9 Å². The van der Waals surface area contributed by atoms with Gasteiger partial charge in [-0.05, 0) is 0 Å². The first-order valence-corrected chi connectivity index (χ1v) is 10.2. The predicted octanol–water partition coefficient (Wildman–Crippen LogP) is 0.347. The van der Waals surface area contributed by atoms with Crippen molar-refractivity contribution >= 4 is 14.0 Å². The first kappa shape index (κ1) is 17.6. The number of nitrogens with zero attached hydrogens (tertiary/aromatic N) is 1. The molecule has 0 aromatic rings. The summed E-state index contributed by atoms with van der Waals surface area (Å²) in [4.78, 5) is 21.3. The molecule has 7 nitrogen and oxygen atoms in total. The number of carbonyl (C=O) groups is 1. The van der Waals surface area contributed by atoms with Gasteiger partial charge in [-0.15, -0.1) is 5.54 Å². The van der Waals surface area contributed by atoms with Gasteiger partial charge in [0.25, 0.3) is 0 Å². The molecule has 0 radical (unpaired) electrons. The number of carboxylic acid groups (broad SMARTS) is 1. The summed E-state index contributed by atoms with van der Waals surface area (Å²) in [6, 6.07) is 0. The second-order valence-corrected chi connectivity index (χ2v) is 11.4. The van der Waals surface area contributed by atoms with Gasteiger partial charge in [0.2, 0.25) is 6.54 Å². The van der Waals surface area contributed by atoms with Crippen LogP contribution in [0.15, 0.2) is 0 Å². The van der Waals surface area contributed by atoms with Crippen LogP contribution in [-0.2, 0) is 4.79 Å². The van der Waals surface area contributed by atoms with Crippen LogP contribution in [0.5, 0.6) is 0 Å². The molecule has 0 bridgehead atoms. The summed E-state index contributed by atoms with van der Waals surface area (Å²) in [7, 11) is -1.76. The van der Waals surface area contributed by atoms with E-state index in [4.69, 9.17) is 0 Å². The van der Waals surface area contributed by atoms with Crippen molar-refractivity contribution in [3.05, 3.63) is 10.1 Å². The minimum atomic E-state index is -1.76. The van der Waals surface area contributed by atoms with Gasteiger partial charge >= 0.3 is 5.97 Å². The molecule has 1 fully saturated rings. The Morgan fingerprint density at radius 1 is 1.43 bits per heavy atom. The minimum Gasteiger partial charge on any atom is -0.481 e. The molecule has 1 saturated carbocycles. The van der Waals surface area contributed by atoms with E-state index in [1.807, 2.05) is 19.6 Å². The number of rotatable bonds is 3. The number of aliphatic hydroxyl groups is 2. The van der Waals surface area contributed by atoms with Crippen LogP contribution in [0.3, 0.4) is 0 Å². The highest BCUT2D eigenvalue weighted by atomic mass is 28.3. The predicted molar refractivity (Wildman–Crippen MR) is 77.8 cm³/mol. The maximum atomic E-state index is 11.3. The number of hydrogen-bond acceptors (Lipinski definition) is 5. The second-order valence-electron chi connectivity index (χ2n) is 6.63. The normalized spacial score (nSPS) is 32.9. The molecule has 1 aliphatic carbocycles. The summed E-state index contributed by atoms with van der Waals surface area (Å²) in [5.74, 6) is -0.743. The minimum absolute atomic E-state index is 0.160. The molecule has 0 aliphatic heterocycles. The third-order valence-corrected chi connectivity index (χ3v) is 4.34. The molecule has 0 heterocycles. The van der Waals surface area contributed by atoms with Gasteiger partial charge in [0.1, 0.15) is 13.7 Å². The van der Waals surface area contributed by atoms with E-state index in [0.717, 1.165) is 0 Å². The van der Waals surface area contributed by atoms with E-state index in [2.05, 4.69) is 11.5 Å². The summed E-state index contributed by atoms with van der Waals surface area (Å²) in [5, 5.41) is 40.3. The topological polar surface area (TPSA) is 121 Å². The molecule has 0 saturated heterocycles. The fraction of sp³-hybridized carbons (Fsp3) is 0.769. The average molecular weight is 315 g/mol. The van der Waals surface area contributed by atoms with Gasteiger partial charge in [-0.2, -0.15) is 0 Å². The van der Waals surface area contributed by atoms with Crippen LogP contribution in [0.4, 0.5) is 0 Å². The molecule has 8 heteroatoms. The van der Waals surface area contributed by atoms with Crippen LogP contribution in [0, 0.1) is 33.4 Å². The summed E-state index contributed by atoms with van der Waals surface area (Å²) in [5.41, 5.74) is 1.37. The third-order valence-electron chi connectivity index (χ3n) is 3.46. The van der Waals surface area contributed by atoms with Crippen LogP contribution in [-0.4, -0.2) is 52.5 Å². The van der Waals surface area contributed by atoms with Crippen LogP contribution in [0.2, 0.25) is 19.6 Å². The Morgan fingerprint density at radius 3 is 2.43 bits per heavy atom. The summed E-state index contributed by atoms with van der Waals surface area (Å²) in [6.45, 7) is 5.31. The second kappa shape index (κ2) is 6.13. The van der Waals surface area contributed by atoms with Crippen LogP contribution >= 0.6 is 0 Å². The van der Waals surface area contributed by atoms with E-state index in [9.17, 15) is 30.2 Å². The number of aliphatic carboxylic acids is 1. The van der Waals surface area contributed by atoms with E-state index in [-0.39, 0.29) is 12.8 Å². The molecule has 0 aromatic heterocycles. The standard InChI is InChI=1S/C13H21NO6Si/c1-21(2,3)5-4-13(18)6-9(12(16)17)10(8-14(19)20)11(15)7-13/h9-11,15,18H,6-8H2,1-3H3,(H,16,17). The Balaban J connectivity index is 3.03. The molecule has 0 spiro atoms. The molecule has 3 N–H and O–H groups in total. The van der Waals surface area contributed by atoms with E-state index in [0.29, 0.717) is 0 Å². The monoisotopic (exact) mass is 315 g/mol. The maximum absolute atomic E-state index is 11.3. The molecule has 4 unspecified atom stereocenters. The molecule has 118 valence electrons. The Morgan fingerprint density at radius 2 is 2.00 bits per heavy atom. The van der Waals surface area contributed by atoms with Gasteiger partial charge in [0.15, 0.2) is 0 Å². The highest BCUT2D eigenvalue weighted by molar-refractivity contribution is 6.83. The summed E-state index contributed by atoms with van der Waals surface area (Å²) >= 11 is 0. The number of nitro groups is 1. The van der Waals surface area contributed by atoms with Crippen molar-refractivity contribution in [3.63, 3.8) is 0 Å².